The Bertz CT molecular complexity index is 1710. The van der Waals surface area contributed by atoms with Gasteiger partial charge in [0.05, 0.1) is 37.6 Å². The molecule has 0 saturated heterocycles. The van der Waals surface area contributed by atoms with Crippen molar-refractivity contribution in [2.24, 2.45) is 0 Å². The number of fused-ring (bicyclic) bond motifs is 3. The monoisotopic (exact) mass is 662 g/mol. The van der Waals surface area contributed by atoms with Gasteiger partial charge in [0.2, 0.25) is 0 Å². The SMILES string of the molecule is C=CC(=O)OCCCOc1ccc(C(=O)Oc2ccc3c(c2)Cc2cc(OC(=O)c4ccc(OCCCOC(=O)C=C)cc4)ccc2-3)cc1. The Hall–Kier alpha value is -6.16. The lowest BCUT2D eigenvalue weighted by Crippen LogP contribution is -2.09. The van der Waals surface area contributed by atoms with Gasteiger partial charge >= 0.3 is 23.9 Å². The number of ether oxygens (including phenoxy) is 6. The van der Waals surface area contributed by atoms with Crippen LogP contribution in [0.1, 0.15) is 44.7 Å². The number of hydrogen-bond donors (Lipinski definition) is 0. The van der Waals surface area contributed by atoms with Crippen molar-refractivity contribution in [1.29, 1.82) is 0 Å². The fourth-order valence-electron chi connectivity index (χ4n) is 4.96. The van der Waals surface area contributed by atoms with Crippen LogP contribution in [0.25, 0.3) is 11.1 Å². The van der Waals surface area contributed by atoms with Crippen molar-refractivity contribution in [2.75, 3.05) is 26.4 Å². The first kappa shape index (κ1) is 34.2. The van der Waals surface area contributed by atoms with E-state index in [1.807, 2.05) is 24.3 Å². The molecule has 0 fully saturated rings. The minimum Gasteiger partial charge on any atom is -0.493 e. The number of carbonyl (C=O) groups is 4. The Morgan fingerprint density at radius 1 is 0.531 bits per heavy atom. The quantitative estimate of drug-likeness (QED) is 0.0489. The molecule has 0 aromatic heterocycles. The molecule has 1 aliphatic rings. The van der Waals surface area contributed by atoms with Crippen LogP contribution in [0.15, 0.2) is 110 Å². The number of benzene rings is 4. The van der Waals surface area contributed by atoms with E-state index in [0.717, 1.165) is 34.4 Å². The zero-order valence-corrected chi connectivity index (χ0v) is 26.7. The summed E-state index contributed by atoms with van der Waals surface area (Å²) in [5.41, 5.74) is 4.74. The molecule has 0 spiro atoms. The van der Waals surface area contributed by atoms with Gasteiger partial charge in [-0.3, -0.25) is 0 Å². The van der Waals surface area contributed by atoms with E-state index in [-0.39, 0.29) is 13.2 Å². The van der Waals surface area contributed by atoms with E-state index in [1.165, 1.54) is 0 Å². The molecule has 250 valence electrons. The highest BCUT2D eigenvalue weighted by Gasteiger charge is 2.21. The summed E-state index contributed by atoms with van der Waals surface area (Å²) in [6.07, 6.45) is 3.84. The lowest BCUT2D eigenvalue weighted by molar-refractivity contribution is -0.138. The van der Waals surface area contributed by atoms with Crippen LogP contribution < -0.4 is 18.9 Å². The van der Waals surface area contributed by atoms with Crippen LogP contribution in [0.3, 0.4) is 0 Å². The highest BCUT2D eigenvalue weighted by Crippen LogP contribution is 2.40. The highest BCUT2D eigenvalue weighted by atomic mass is 16.5. The van der Waals surface area contributed by atoms with Crippen LogP contribution in [0.5, 0.6) is 23.0 Å². The van der Waals surface area contributed by atoms with E-state index in [4.69, 9.17) is 28.4 Å². The molecule has 0 bridgehead atoms. The average Bonchev–Trinajstić information content (AvgIpc) is 3.48. The summed E-state index contributed by atoms with van der Waals surface area (Å²) in [5, 5.41) is 0. The second kappa shape index (κ2) is 16.6. The summed E-state index contributed by atoms with van der Waals surface area (Å²) in [6, 6.07) is 24.2. The van der Waals surface area contributed by atoms with Gasteiger partial charge in [0.1, 0.15) is 23.0 Å². The molecule has 1 aliphatic carbocycles. The largest absolute Gasteiger partial charge is 0.493 e. The fourth-order valence-corrected chi connectivity index (χ4v) is 4.96. The van der Waals surface area contributed by atoms with Gasteiger partial charge in [-0.1, -0.05) is 25.3 Å². The summed E-state index contributed by atoms with van der Waals surface area (Å²) in [4.78, 5) is 47.8. The van der Waals surface area contributed by atoms with Crippen molar-refractivity contribution >= 4 is 23.9 Å². The van der Waals surface area contributed by atoms with Crippen molar-refractivity contribution in [3.63, 3.8) is 0 Å². The Kier molecular flexibility index (Phi) is 11.6. The highest BCUT2D eigenvalue weighted by molar-refractivity contribution is 5.92. The Morgan fingerprint density at radius 2 is 0.918 bits per heavy atom. The van der Waals surface area contributed by atoms with Crippen LogP contribution in [0.2, 0.25) is 0 Å². The summed E-state index contributed by atoms with van der Waals surface area (Å²) in [5.74, 6) is 0.0349. The molecule has 0 saturated carbocycles. The number of hydrogen-bond acceptors (Lipinski definition) is 10. The van der Waals surface area contributed by atoms with Crippen molar-refractivity contribution in [3.05, 3.63) is 132 Å². The molecule has 10 heteroatoms. The minimum atomic E-state index is -0.501. The second-order valence-corrected chi connectivity index (χ2v) is 10.8. The zero-order valence-electron chi connectivity index (χ0n) is 26.7. The Morgan fingerprint density at radius 3 is 1.31 bits per heavy atom. The first-order valence-corrected chi connectivity index (χ1v) is 15.6. The molecule has 0 unspecified atom stereocenters. The lowest BCUT2D eigenvalue weighted by atomic mass is 10.1. The maximum absolute atomic E-state index is 12.8. The molecular formula is C39H34O10. The lowest BCUT2D eigenvalue weighted by Gasteiger charge is -2.09. The maximum Gasteiger partial charge on any atom is 0.343 e. The first-order valence-electron chi connectivity index (χ1n) is 15.6. The topological polar surface area (TPSA) is 124 Å². The fraction of sp³-hybridized carbons (Fsp3) is 0.179. The van der Waals surface area contributed by atoms with E-state index >= 15 is 0 Å². The molecule has 0 N–H and O–H groups in total. The van der Waals surface area contributed by atoms with Gasteiger partial charge in [0, 0.05) is 25.0 Å². The predicted molar refractivity (Wildman–Crippen MR) is 180 cm³/mol. The zero-order chi connectivity index (χ0) is 34.6. The minimum absolute atomic E-state index is 0.226. The standard InChI is InChI=1S/C39H34O10/c1-3-36(40)46-21-5-19-44-30-11-7-26(8-12-30)38(42)48-32-15-17-34-28(24-32)23-29-25-33(16-18-35(29)34)49-39(43)27-9-13-31(14-10-27)45-20-6-22-47-37(41)4-2/h3-4,7-18,24-25H,1-2,5-6,19-23H2. The number of esters is 4. The van der Waals surface area contributed by atoms with Gasteiger partial charge in [0.25, 0.3) is 0 Å². The van der Waals surface area contributed by atoms with Gasteiger partial charge < -0.3 is 28.4 Å². The molecular weight excluding hydrogens is 628 g/mol. The van der Waals surface area contributed by atoms with E-state index in [0.29, 0.717) is 66.6 Å². The van der Waals surface area contributed by atoms with Crippen molar-refractivity contribution in [2.45, 2.75) is 19.3 Å². The second-order valence-electron chi connectivity index (χ2n) is 10.8. The summed E-state index contributed by atoms with van der Waals surface area (Å²) < 4.78 is 32.4. The van der Waals surface area contributed by atoms with E-state index in [1.54, 1.807) is 60.7 Å². The van der Waals surface area contributed by atoms with Crippen molar-refractivity contribution in [3.8, 4) is 34.1 Å². The molecule has 0 atom stereocenters. The molecule has 0 radical (unpaired) electrons. The predicted octanol–water partition coefficient (Wildman–Crippen LogP) is 6.69. The van der Waals surface area contributed by atoms with Crippen molar-refractivity contribution in [1.82, 2.24) is 0 Å². The summed E-state index contributed by atoms with van der Waals surface area (Å²) in [7, 11) is 0. The number of rotatable bonds is 16. The third-order valence-electron chi connectivity index (χ3n) is 7.36. The molecule has 10 nitrogen and oxygen atoms in total. The third-order valence-corrected chi connectivity index (χ3v) is 7.36. The molecule has 5 rings (SSSR count). The van der Waals surface area contributed by atoms with Gasteiger partial charge in [-0.05, 0) is 101 Å². The third kappa shape index (κ3) is 9.45. The summed E-state index contributed by atoms with van der Waals surface area (Å²) in [6.45, 7) is 7.84. The van der Waals surface area contributed by atoms with Crippen molar-refractivity contribution < 1.29 is 47.6 Å². The molecule has 0 aliphatic heterocycles. The Labute approximate surface area is 283 Å². The Balaban J connectivity index is 1.10. The van der Waals surface area contributed by atoms with Gasteiger partial charge in [-0.25, -0.2) is 19.2 Å². The molecule has 4 aromatic rings. The molecule has 4 aromatic carbocycles. The van der Waals surface area contributed by atoms with E-state index < -0.39 is 23.9 Å². The summed E-state index contributed by atoms with van der Waals surface area (Å²) >= 11 is 0. The average molecular weight is 663 g/mol. The molecule has 0 amide bonds. The van der Waals surface area contributed by atoms with E-state index in [2.05, 4.69) is 13.2 Å². The van der Waals surface area contributed by atoms with Crippen LogP contribution in [0.4, 0.5) is 0 Å². The first-order chi connectivity index (χ1) is 23.8. The van der Waals surface area contributed by atoms with Crippen LogP contribution in [-0.2, 0) is 25.5 Å². The van der Waals surface area contributed by atoms with E-state index in [9.17, 15) is 19.2 Å². The maximum atomic E-state index is 12.8. The van der Waals surface area contributed by atoms with Crippen LogP contribution in [0, 0.1) is 0 Å². The molecule has 49 heavy (non-hydrogen) atoms. The van der Waals surface area contributed by atoms with Gasteiger partial charge in [0.15, 0.2) is 0 Å². The van der Waals surface area contributed by atoms with Crippen LogP contribution in [-0.4, -0.2) is 50.3 Å². The smallest absolute Gasteiger partial charge is 0.343 e. The molecule has 0 heterocycles. The number of carbonyl (C=O) groups excluding carboxylic acids is 4. The normalized spacial score (nSPS) is 10.9. The van der Waals surface area contributed by atoms with Gasteiger partial charge in [-0.15, -0.1) is 0 Å². The van der Waals surface area contributed by atoms with Gasteiger partial charge in [-0.2, -0.15) is 0 Å². The van der Waals surface area contributed by atoms with Crippen LogP contribution >= 0.6 is 0 Å².